The monoisotopic (exact) mass is 162 g/mol. The zero-order valence-corrected chi connectivity index (χ0v) is 7.10. The van der Waals surface area contributed by atoms with E-state index in [9.17, 15) is 9.18 Å². The summed E-state index contributed by atoms with van der Waals surface area (Å²) < 4.78 is 17.0. The smallest absolute Gasteiger partial charge is 0.308 e. The molecule has 3 heteroatoms. The predicted molar refractivity (Wildman–Crippen MR) is 40.8 cm³/mol. The molecular weight excluding hydrogens is 147 g/mol. The summed E-state index contributed by atoms with van der Waals surface area (Å²) in [5.41, 5.74) is 0. The van der Waals surface area contributed by atoms with Gasteiger partial charge in [-0.3, -0.25) is 4.79 Å². The lowest BCUT2D eigenvalue weighted by molar-refractivity contribution is -0.158. The van der Waals surface area contributed by atoms with E-state index in [0.29, 0.717) is 25.7 Å². The van der Waals surface area contributed by atoms with E-state index >= 15 is 0 Å². The molecule has 0 radical (unpaired) electrons. The molecule has 0 aromatic rings. The molecule has 0 aliphatic rings. The third-order valence-corrected chi connectivity index (χ3v) is 1.23. The summed E-state index contributed by atoms with van der Waals surface area (Å²) in [5.74, 6) is -0.437. The highest BCUT2D eigenvalue weighted by Gasteiger charge is 2.09. The maximum atomic E-state index is 12.5. The molecule has 0 heterocycles. The second kappa shape index (κ2) is 6.13. The van der Waals surface area contributed by atoms with Crippen molar-refractivity contribution in [2.24, 2.45) is 0 Å². The summed E-state index contributed by atoms with van der Waals surface area (Å²) in [6.07, 6.45) is 0.608. The molecule has 1 unspecified atom stereocenters. The molecule has 0 saturated heterocycles. The minimum absolute atomic E-state index is 0.301. The van der Waals surface area contributed by atoms with Crippen LogP contribution in [-0.2, 0) is 9.53 Å². The SMILES string of the molecule is CCCC(=O)OC(F)CCC. The van der Waals surface area contributed by atoms with Crippen molar-refractivity contribution < 1.29 is 13.9 Å². The Labute approximate surface area is 66.7 Å². The zero-order chi connectivity index (χ0) is 8.69. The van der Waals surface area contributed by atoms with Gasteiger partial charge < -0.3 is 4.74 Å². The van der Waals surface area contributed by atoms with Crippen molar-refractivity contribution in [3.8, 4) is 0 Å². The van der Waals surface area contributed by atoms with Gasteiger partial charge in [-0.25, -0.2) is 4.39 Å². The number of rotatable bonds is 5. The van der Waals surface area contributed by atoms with Crippen LogP contribution in [0.25, 0.3) is 0 Å². The molecule has 0 amide bonds. The highest BCUT2D eigenvalue weighted by Crippen LogP contribution is 2.05. The maximum absolute atomic E-state index is 12.5. The largest absolute Gasteiger partial charge is 0.431 e. The van der Waals surface area contributed by atoms with Crippen LogP contribution >= 0.6 is 0 Å². The molecule has 66 valence electrons. The van der Waals surface area contributed by atoms with Crippen molar-refractivity contribution in [2.75, 3.05) is 0 Å². The third kappa shape index (κ3) is 5.83. The van der Waals surface area contributed by atoms with Crippen molar-refractivity contribution in [3.05, 3.63) is 0 Å². The molecule has 0 bridgehead atoms. The fourth-order valence-corrected chi connectivity index (χ4v) is 0.692. The number of carbonyl (C=O) groups is 1. The summed E-state index contributed by atoms with van der Waals surface area (Å²) >= 11 is 0. The van der Waals surface area contributed by atoms with Crippen LogP contribution in [0.3, 0.4) is 0 Å². The zero-order valence-electron chi connectivity index (χ0n) is 7.10. The van der Waals surface area contributed by atoms with Crippen molar-refractivity contribution in [1.82, 2.24) is 0 Å². The molecule has 0 saturated carbocycles. The Morgan fingerprint density at radius 3 is 2.55 bits per heavy atom. The summed E-state index contributed by atoms with van der Waals surface area (Å²) in [6, 6.07) is 0. The molecule has 0 aromatic heterocycles. The van der Waals surface area contributed by atoms with E-state index in [4.69, 9.17) is 0 Å². The van der Waals surface area contributed by atoms with E-state index in [-0.39, 0.29) is 0 Å². The van der Waals surface area contributed by atoms with Gasteiger partial charge in [-0.15, -0.1) is 0 Å². The highest BCUT2D eigenvalue weighted by atomic mass is 19.1. The molecule has 0 aliphatic carbocycles. The van der Waals surface area contributed by atoms with Gasteiger partial charge in [0.05, 0.1) is 0 Å². The Morgan fingerprint density at radius 1 is 1.45 bits per heavy atom. The van der Waals surface area contributed by atoms with Crippen LogP contribution < -0.4 is 0 Å². The van der Waals surface area contributed by atoms with Crippen molar-refractivity contribution in [1.29, 1.82) is 0 Å². The molecule has 11 heavy (non-hydrogen) atoms. The van der Waals surface area contributed by atoms with Crippen LogP contribution in [0, 0.1) is 0 Å². The molecule has 0 fully saturated rings. The lowest BCUT2D eigenvalue weighted by Crippen LogP contribution is -2.12. The van der Waals surface area contributed by atoms with Gasteiger partial charge >= 0.3 is 5.97 Å². The Balaban J connectivity index is 3.40. The average molecular weight is 162 g/mol. The number of halogens is 1. The Kier molecular flexibility index (Phi) is 5.80. The number of esters is 1. The molecule has 0 rings (SSSR count). The van der Waals surface area contributed by atoms with Crippen LogP contribution in [0.2, 0.25) is 0 Å². The normalized spacial score (nSPS) is 12.6. The highest BCUT2D eigenvalue weighted by molar-refractivity contribution is 5.69. The van der Waals surface area contributed by atoms with Gasteiger partial charge in [0.1, 0.15) is 0 Å². The molecular formula is C8H15FO2. The fourth-order valence-electron chi connectivity index (χ4n) is 0.692. The number of carbonyl (C=O) groups excluding carboxylic acids is 1. The lowest BCUT2D eigenvalue weighted by atomic mass is 10.3. The maximum Gasteiger partial charge on any atom is 0.308 e. The summed E-state index contributed by atoms with van der Waals surface area (Å²) in [4.78, 5) is 10.7. The average Bonchev–Trinajstić information content (AvgIpc) is 1.87. The second-order valence-corrected chi connectivity index (χ2v) is 2.44. The predicted octanol–water partition coefficient (Wildman–Crippen LogP) is 2.43. The first-order chi connectivity index (χ1) is 5.20. The van der Waals surface area contributed by atoms with Gasteiger partial charge in [0.15, 0.2) is 0 Å². The molecule has 0 aliphatic heterocycles. The molecule has 0 spiro atoms. The number of hydrogen-bond acceptors (Lipinski definition) is 2. The molecule has 2 nitrogen and oxygen atoms in total. The Bertz CT molecular complexity index is 115. The molecule has 0 N–H and O–H groups in total. The number of hydrogen-bond donors (Lipinski definition) is 0. The van der Waals surface area contributed by atoms with E-state index in [1.54, 1.807) is 0 Å². The quantitative estimate of drug-likeness (QED) is 0.580. The summed E-state index contributed by atoms with van der Waals surface area (Å²) in [5, 5.41) is 0. The number of ether oxygens (including phenoxy) is 1. The summed E-state index contributed by atoms with van der Waals surface area (Å²) in [7, 11) is 0. The third-order valence-electron chi connectivity index (χ3n) is 1.23. The first-order valence-electron chi connectivity index (χ1n) is 4.04. The summed E-state index contributed by atoms with van der Waals surface area (Å²) in [6.45, 7) is 3.70. The standard InChI is InChI=1S/C8H15FO2/c1-3-5-7(9)11-8(10)6-4-2/h7H,3-6H2,1-2H3. The second-order valence-electron chi connectivity index (χ2n) is 2.44. The van der Waals surface area contributed by atoms with Gasteiger partial charge in [0, 0.05) is 12.8 Å². The number of alkyl halides is 1. The minimum Gasteiger partial charge on any atom is -0.431 e. The van der Waals surface area contributed by atoms with Gasteiger partial charge in [-0.2, -0.15) is 0 Å². The first-order valence-corrected chi connectivity index (χ1v) is 4.04. The van der Waals surface area contributed by atoms with E-state index in [1.807, 2.05) is 13.8 Å². The van der Waals surface area contributed by atoms with Crippen molar-refractivity contribution >= 4 is 5.97 Å². The topological polar surface area (TPSA) is 26.3 Å². The first kappa shape index (κ1) is 10.4. The van der Waals surface area contributed by atoms with Gasteiger partial charge in [0.2, 0.25) is 6.36 Å². The van der Waals surface area contributed by atoms with E-state index in [0.717, 1.165) is 0 Å². The van der Waals surface area contributed by atoms with Crippen molar-refractivity contribution in [2.45, 2.75) is 45.9 Å². The van der Waals surface area contributed by atoms with Gasteiger partial charge in [-0.05, 0) is 12.8 Å². The van der Waals surface area contributed by atoms with E-state index < -0.39 is 12.3 Å². The Hall–Kier alpha value is -0.600. The van der Waals surface area contributed by atoms with E-state index in [2.05, 4.69) is 4.74 Å². The van der Waals surface area contributed by atoms with Gasteiger partial charge in [-0.1, -0.05) is 13.8 Å². The van der Waals surface area contributed by atoms with Crippen molar-refractivity contribution in [3.63, 3.8) is 0 Å². The minimum atomic E-state index is -1.40. The van der Waals surface area contributed by atoms with E-state index in [1.165, 1.54) is 0 Å². The Morgan fingerprint density at radius 2 is 2.09 bits per heavy atom. The van der Waals surface area contributed by atoms with Crippen LogP contribution in [0.15, 0.2) is 0 Å². The van der Waals surface area contributed by atoms with Crippen LogP contribution in [0.1, 0.15) is 39.5 Å². The molecule has 1 atom stereocenters. The van der Waals surface area contributed by atoms with Crippen LogP contribution in [0.5, 0.6) is 0 Å². The fraction of sp³-hybridized carbons (Fsp3) is 0.875. The van der Waals surface area contributed by atoms with Crippen LogP contribution in [0.4, 0.5) is 4.39 Å². The lowest BCUT2D eigenvalue weighted by Gasteiger charge is -2.07. The van der Waals surface area contributed by atoms with Gasteiger partial charge in [0.25, 0.3) is 0 Å². The van der Waals surface area contributed by atoms with Crippen LogP contribution in [-0.4, -0.2) is 12.3 Å². The molecule has 0 aromatic carbocycles.